The Bertz CT molecular complexity index is 318. The molecule has 0 aromatic heterocycles. The van der Waals surface area contributed by atoms with Gasteiger partial charge in [-0.25, -0.2) is 0 Å². The van der Waals surface area contributed by atoms with Crippen LogP contribution < -0.4 is 5.73 Å². The lowest BCUT2D eigenvalue weighted by Crippen LogP contribution is -2.24. The van der Waals surface area contributed by atoms with Crippen molar-refractivity contribution < 1.29 is 44.7 Å². The molecule has 0 radical (unpaired) electrons. The average molecular weight is 303 g/mol. The van der Waals surface area contributed by atoms with Crippen LogP contribution in [0, 0.1) is 0 Å². The Hall–Kier alpha value is -0.800. The molecule has 2 N–H and O–H groups in total. The molecule has 18 heavy (non-hydrogen) atoms. The molecule has 0 saturated carbocycles. The second-order valence-electron chi connectivity index (χ2n) is 3.01. The third-order valence-electron chi connectivity index (χ3n) is 1.20. The molecule has 1 amide bonds. The van der Waals surface area contributed by atoms with Gasteiger partial charge >= 0.3 is 19.9 Å². The van der Waals surface area contributed by atoms with E-state index in [-0.39, 0.29) is 0 Å². The Labute approximate surface area is 96.7 Å². The van der Waals surface area contributed by atoms with E-state index in [1.165, 1.54) is 0 Å². The van der Waals surface area contributed by atoms with Gasteiger partial charge in [0.15, 0.2) is 13.2 Å². The molecular weight excluding hydrogens is 295 g/mol. The summed E-state index contributed by atoms with van der Waals surface area (Å²) in [5.41, 5.74) is 4.52. The molecule has 0 aromatic rings. The van der Waals surface area contributed by atoms with Crippen molar-refractivity contribution in [3.05, 3.63) is 0 Å². The second-order valence-corrected chi connectivity index (χ2v) is 5.07. The summed E-state index contributed by atoms with van der Waals surface area (Å²) >= 11 is 0. The van der Waals surface area contributed by atoms with Crippen molar-refractivity contribution in [2.45, 2.75) is 12.4 Å². The van der Waals surface area contributed by atoms with Gasteiger partial charge in [-0.15, -0.1) is 0 Å². The van der Waals surface area contributed by atoms with Crippen molar-refractivity contribution in [2.75, 3.05) is 19.4 Å². The number of halogens is 6. The van der Waals surface area contributed by atoms with Gasteiger partial charge in [0.05, 0.1) is 0 Å². The Morgan fingerprint density at radius 3 is 1.56 bits per heavy atom. The van der Waals surface area contributed by atoms with E-state index in [2.05, 4.69) is 14.8 Å². The number of carbonyl (C=O) groups excluding carboxylic acids is 1. The quantitative estimate of drug-likeness (QED) is 0.599. The molecule has 0 bridgehead atoms. The highest BCUT2D eigenvalue weighted by molar-refractivity contribution is 7.54. The Kier molecular flexibility index (Phi) is 5.63. The lowest BCUT2D eigenvalue weighted by Gasteiger charge is -2.19. The zero-order valence-electron chi connectivity index (χ0n) is 8.55. The van der Waals surface area contributed by atoms with Gasteiger partial charge in [-0.3, -0.25) is 18.4 Å². The normalized spacial score (nSPS) is 13.7. The molecule has 12 heteroatoms. The minimum Gasteiger partial charge on any atom is -0.369 e. The first kappa shape index (κ1) is 17.2. The molecule has 0 aliphatic heterocycles. The molecule has 0 unspecified atom stereocenters. The van der Waals surface area contributed by atoms with Crippen LogP contribution in [0.5, 0.6) is 0 Å². The summed E-state index contributed by atoms with van der Waals surface area (Å²) in [6.07, 6.45) is -11.2. The van der Waals surface area contributed by atoms with Crippen molar-refractivity contribution in [3.8, 4) is 0 Å². The first-order valence-corrected chi connectivity index (χ1v) is 5.86. The van der Waals surface area contributed by atoms with Gasteiger partial charge < -0.3 is 5.73 Å². The number of hydrogen-bond acceptors (Lipinski definition) is 4. The number of primary amides is 1. The SMILES string of the molecule is NC(=O)CP(=O)(OCC(F)(F)F)OCC(F)(F)F. The van der Waals surface area contributed by atoms with Crippen molar-refractivity contribution in [1.29, 1.82) is 0 Å². The first-order chi connectivity index (χ1) is 7.83. The summed E-state index contributed by atoms with van der Waals surface area (Å²) in [7, 11) is -4.88. The lowest BCUT2D eigenvalue weighted by atomic mass is 10.7. The highest BCUT2D eigenvalue weighted by Gasteiger charge is 2.39. The molecular formula is C6H8F6NO4P. The number of alkyl halides is 6. The molecule has 0 spiro atoms. The summed E-state index contributed by atoms with van der Waals surface area (Å²) in [5, 5.41) is 0. The molecule has 0 fully saturated rings. The van der Waals surface area contributed by atoms with Gasteiger partial charge in [0.2, 0.25) is 5.91 Å². The van der Waals surface area contributed by atoms with Gasteiger partial charge in [-0.1, -0.05) is 0 Å². The van der Waals surface area contributed by atoms with Gasteiger partial charge in [0.25, 0.3) is 0 Å². The third-order valence-corrected chi connectivity index (χ3v) is 2.94. The van der Waals surface area contributed by atoms with Crippen LogP contribution >= 0.6 is 7.60 Å². The standard InChI is InChI=1S/C6H8F6NO4P/c7-5(8,9)2-16-18(15,1-4(13)14)17-3-6(10,11)12/h1-3H2,(H2,13,14). The lowest BCUT2D eigenvalue weighted by molar-refractivity contribution is -0.165. The van der Waals surface area contributed by atoms with E-state index in [0.717, 1.165) is 0 Å². The third kappa shape index (κ3) is 9.25. The maximum atomic E-state index is 11.8. The molecule has 0 atom stereocenters. The maximum absolute atomic E-state index is 11.8. The van der Waals surface area contributed by atoms with Crippen molar-refractivity contribution >= 4 is 13.5 Å². The molecule has 108 valence electrons. The van der Waals surface area contributed by atoms with Gasteiger partial charge in [0, 0.05) is 0 Å². The smallest absolute Gasteiger partial charge is 0.369 e. The van der Waals surface area contributed by atoms with Crippen LogP contribution in [0.2, 0.25) is 0 Å². The fourth-order valence-electron chi connectivity index (χ4n) is 0.662. The van der Waals surface area contributed by atoms with Gasteiger partial charge in [-0.2, -0.15) is 26.3 Å². The summed E-state index contributed by atoms with van der Waals surface area (Å²) in [6, 6.07) is 0. The van der Waals surface area contributed by atoms with E-state index in [4.69, 9.17) is 0 Å². The average Bonchev–Trinajstić information content (AvgIpc) is 2.09. The van der Waals surface area contributed by atoms with E-state index < -0.39 is 45.2 Å². The van der Waals surface area contributed by atoms with Crippen LogP contribution in [0.25, 0.3) is 0 Å². The van der Waals surface area contributed by atoms with Gasteiger partial charge in [-0.05, 0) is 0 Å². The zero-order chi connectivity index (χ0) is 14.6. The van der Waals surface area contributed by atoms with E-state index in [9.17, 15) is 35.7 Å². The van der Waals surface area contributed by atoms with Crippen LogP contribution in [0.1, 0.15) is 0 Å². The van der Waals surface area contributed by atoms with E-state index >= 15 is 0 Å². The van der Waals surface area contributed by atoms with Crippen LogP contribution in [0.15, 0.2) is 0 Å². The minimum atomic E-state index is -4.94. The fraction of sp³-hybridized carbons (Fsp3) is 0.833. The first-order valence-electron chi connectivity index (χ1n) is 4.13. The predicted molar refractivity (Wildman–Crippen MR) is 45.7 cm³/mol. The molecule has 0 aliphatic carbocycles. The minimum absolute atomic E-state index is 1.38. The monoisotopic (exact) mass is 303 g/mol. The summed E-state index contributed by atoms with van der Waals surface area (Å²) < 4.78 is 89.3. The number of carbonyl (C=O) groups is 1. The Morgan fingerprint density at radius 1 is 1.00 bits per heavy atom. The largest absolute Gasteiger partial charge is 0.412 e. The Balaban J connectivity index is 4.63. The second kappa shape index (κ2) is 5.89. The summed E-state index contributed by atoms with van der Waals surface area (Å²) in [4.78, 5) is 10.4. The van der Waals surface area contributed by atoms with Crippen molar-refractivity contribution in [1.82, 2.24) is 0 Å². The van der Waals surface area contributed by atoms with Crippen LogP contribution in [-0.2, 0) is 18.4 Å². The summed E-state index contributed by atoms with van der Waals surface area (Å²) in [6.45, 7) is -4.23. The fourth-order valence-corrected chi connectivity index (χ4v) is 1.99. The van der Waals surface area contributed by atoms with E-state index in [1.807, 2.05) is 0 Å². The van der Waals surface area contributed by atoms with E-state index in [0.29, 0.717) is 0 Å². The van der Waals surface area contributed by atoms with E-state index in [1.54, 1.807) is 0 Å². The highest BCUT2D eigenvalue weighted by atomic mass is 31.2. The van der Waals surface area contributed by atoms with Gasteiger partial charge in [0.1, 0.15) is 6.16 Å². The van der Waals surface area contributed by atoms with Crippen molar-refractivity contribution in [3.63, 3.8) is 0 Å². The van der Waals surface area contributed by atoms with Crippen molar-refractivity contribution in [2.24, 2.45) is 5.73 Å². The molecule has 0 aromatic carbocycles. The zero-order valence-corrected chi connectivity index (χ0v) is 9.44. The number of amides is 1. The topological polar surface area (TPSA) is 78.6 Å². The Morgan fingerprint density at radius 2 is 1.33 bits per heavy atom. The number of hydrogen-bond donors (Lipinski definition) is 1. The molecule has 5 nitrogen and oxygen atoms in total. The number of rotatable bonds is 6. The molecule has 0 saturated heterocycles. The van der Waals surface area contributed by atoms with Crippen LogP contribution in [0.3, 0.4) is 0 Å². The maximum Gasteiger partial charge on any atom is 0.412 e. The number of nitrogens with two attached hydrogens (primary N) is 1. The summed E-state index contributed by atoms with van der Waals surface area (Å²) in [5.74, 6) is -1.41. The predicted octanol–water partition coefficient (Wildman–Crippen LogP) is 1.82. The molecule has 0 rings (SSSR count). The molecule has 0 aliphatic rings. The molecule has 0 heterocycles. The van der Waals surface area contributed by atoms with Crippen LogP contribution in [0.4, 0.5) is 26.3 Å². The highest BCUT2D eigenvalue weighted by Crippen LogP contribution is 2.49. The van der Waals surface area contributed by atoms with Crippen LogP contribution in [-0.4, -0.2) is 37.6 Å².